The second-order valence-corrected chi connectivity index (χ2v) is 5.43. The van der Waals surface area contributed by atoms with Crippen molar-refractivity contribution >= 4 is 34.6 Å². The lowest BCUT2D eigenvalue weighted by Gasteiger charge is -2.17. The molecule has 0 N–H and O–H groups in total. The molecular weight excluding hydrogens is 321 g/mol. The molecule has 0 amide bonds. The van der Waals surface area contributed by atoms with E-state index in [2.05, 4.69) is 31.1 Å². The number of rotatable bonds is 4. The van der Waals surface area contributed by atoms with Gasteiger partial charge in [-0.15, -0.1) is 12.4 Å². The van der Waals surface area contributed by atoms with Gasteiger partial charge in [-0.05, 0) is 34.8 Å². The molecule has 0 spiro atoms. The molecule has 0 radical (unpaired) electrons. The average molecular weight is 337 g/mol. The van der Waals surface area contributed by atoms with Gasteiger partial charge in [-0.1, -0.05) is 10.3 Å². The van der Waals surface area contributed by atoms with E-state index in [9.17, 15) is 0 Å². The van der Waals surface area contributed by atoms with E-state index < -0.39 is 0 Å². The third kappa shape index (κ3) is 3.05. The highest BCUT2D eigenvalue weighted by molar-refractivity contribution is 9.10. The molecule has 3 atom stereocenters. The molecule has 3 rings (SSSR count). The Bertz CT molecular complexity index is 426. The quantitative estimate of drug-likeness (QED) is 0.625. The van der Waals surface area contributed by atoms with E-state index in [0.29, 0.717) is 22.9 Å². The van der Waals surface area contributed by atoms with Crippen LogP contribution in [-0.2, 0) is 11.4 Å². The molecule has 1 aromatic heterocycles. The van der Waals surface area contributed by atoms with Crippen LogP contribution < -0.4 is 0 Å². The molecule has 5 nitrogen and oxygen atoms in total. The molecule has 2 fully saturated rings. The Labute approximate surface area is 120 Å². The fourth-order valence-electron chi connectivity index (χ4n) is 2.57. The maximum absolute atomic E-state index is 5.20. The highest BCUT2D eigenvalue weighted by atomic mass is 79.9. The van der Waals surface area contributed by atoms with Crippen molar-refractivity contribution in [2.24, 2.45) is 17.0 Å². The predicted molar refractivity (Wildman–Crippen MR) is 72.8 cm³/mol. The lowest BCUT2D eigenvalue weighted by molar-refractivity contribution is 0.108. The second kappa shape index (κ2) is 6.04. The Hall–Kier alpha value is -0.590. The first-order valence-electron chi connectivity index (χ1n) is 5.80. The molecule has 2 saturated heterocycles. The monoisotopic (exact) mass is 335 g/mol. The van der Waals surface area contributed by atoms with Crippen molar-refractivity contribution in [2.45, 2.75) is 13.0 Å². The summed E-state index contributed by atoms with van der Waals surface area (Å²) in [5.41, 5.74) is 0. The first kappa shape index (κ1) is 13.8. The number of hydrogen-bond acceptors (Lipinski definition) is 5. The maximum Gasteiger partial charge on any atom is 0.178 e. The van der Waals surface area contributed by atoms with Crippen LogP contribution in [0, 0.1) is 11.8 Å². The van der Waals surface area contributed by atoms with Crippen molar-refractivity contribution in [1.82, 2.24) is 10.1 Å². The van der Waals surface area contributed by atoms with Gasteiger partial charge in [0.05, 0.1) is 0 Å². The van der Waals surface area contributed by atoms with Gasteiger partial charge < -0.3 is 14.3 Å². The molecule has 7 heteroatoms. The zero-order valence-electron chi connectivity index (χ0n) is 9.79. The van der Waals surface area contributed by atoms with E-state index in [4.69, 9.17) is 9.36 Å². The average Bonchev–Trinajstić information content (AvgIpc) is 3.00. The number of nitrogens with zero attached hydrogens (tertiary/aromatic N) is 3. The molecule has 1 aromatic rings. The molecule has 0 aliphatic carbocycles. The second-order valence-electron chi connectivity index (χ2n) is 4.62. The molecule has 2 bridgehead atoms. The molecule has 2 aliphatic heterocycles. The molecule has 2 aliphatic rings. The number of piperidine rings is 1. The SMILES string of the molecule is Brc1cc(CO/N=C/C2CN3CCC2C3)on1.Cl. The summed E-state index contributed by atoms with van der Waals surface area (Å²) >= 11 is 3.21. The van der Waals surface area contributed by atoms with Crippen LogP contribution in [0.1, 0.15) is 12.2 Å². The van der Waals surface area contributed by atoms with Gasteiger partial charge in [0.25, 0.3) is 0 Å². The number of aromatic nitrogens is 1. The Morgan fingerprint density at radius 2 is 2.50 bits per heavy atom. The topological polar surface area (TPSA) is 50.9 Å². The van der Waals surface area contributed by atoms with Crippen molar-refractivity contribution in [1.29, 1.82) is 0 Å². The van der Waals surface area contributed by atoms with E-state index in [0.717, 1.165) is 12.5 Å². The van der Waals surface area contributed by atoms with Gasteiger partial charge in [0.15, 0.2) is 12.4 Å². The zero-order valence-corrected chi connectivity index (χ0v) is 12.2. The minimum absolute atomic E-state index is 0. The summed E-state index contributed by atoms with van der Waals surface area (Å²) in [5.74, 6) is 2.01. The summed E-state index contributed by atoms with van der Waals surface area (Å²) < 4.78 is 5.66. The molecule has 3 heterocycles. The van der Waals surface area contributed by atoms with Gasteiger partial charge in [-0.2, -0.15) is 0 Å². The standard InChI is InChI=1S/C11H14BrN3O2.ClH/c12-11-3-10(17-14-11)7-16-13-4-9-6-15-2-1-8(9)5-15;/h3-4,8-9H,1-2,5-7H2;1H/b13-4+;. The van der Waals surface area contributed by atoms with Gasteiger partial charge in [-0.3, -0.25) is 0 Å². The number of oxime groups is 1. The predicted octanol–water partition coefficient (Wildman–Crippen LogP) is 2.31. The lowest BCUT2D eigenvalue weighted by Crippen LogP contribution is -2.24. The van der Waals surface area contributed by atoms with Crippen LogP contribution >= 0.6 is 28.3 Å². The molecule has 3 unspecified atom stereocenters. The summed E-state index contributed by atoms with van der Waals surface area (Å²) in [6, 6.07) is 1.78. The molecule has 18 heavy (non-hydrogen) atoms. The minimum Gasteiger partial charge on any atom is -0.388 e. The normalized spacial score (nSPS) is 29.7. The molecule has 0 aromatic carbocycles. The van der Waals surface area contributed by atoms with Gasteiger partial charge in [0.2, 0.25) is 0 Å². The van der Waals surface area contributed by atoms with Crippen LogP contribution in [0.5, 0.6) is 0 Å². The van der Waals surface area contributed by atoms with Crippen LogP contribution in [0.15, 0.2) is 20.3 Å². The summed E-state index contributed by atoms with van der Waals surface area (Å²) in [4.78, 5) is 7.68. The summed E-state index contributed by atoms with van der Waals surface area (Å²) in [7, 11) is 0. The van der Waals surface area contributed by atoms with E-state index in [1.54, 1.807) is 6.07 Å². The van der Waals surface area contributed by atoms with E-state index in [1.807, 2.05) is 6.21 Å². The summed E-state index contributed by atoms with van der Waals surface area (Å²) in [6.45, 7) is 3.94. The van der Waals surface area contributed by atoms with E-state index >= 15 is 0 Å². The largest absolute Gasteiger partial charge is 0.388 e. The zero-order chi connectivity index (χ0) is 11.7. The maximum atomic E-state index is 5.20. The van der Waals surface area contributed by atoms with Crippen molar-refractivity contribution < 1.29 is 9.36 Å². The van der Waals surface area contributed by atoms with Crippen molar-refractivity contribution in [3.05, 3.63) is 16.4 Å². The number of halogens is 2. The third-order valence-electron chi connectivity index (χ3n) is 3.45. The Kier molecular flexibility index (Phi) is 4.64. The number of fused-ring (bicyclic) bond motifs is 2. The first-order valence-corrected chi connectivity index (χ1v) is 6.59. The van der Waals surface area contributed by atoms with Crippen molar-refractivity contribution in [3.63, 3.8) is 0 Å². The van der Waals surface area contributed by atoms with Crippen molar-refractivity contribution in [3.8, 4) is 0 Å². The number of hydrogen-bond donors (Lipinski definition) is 0. The van der Waals surface area contributed by atoms with Crippen LogP contribution in [0.2, 0.25) is 0 Å². The Morgan fingerprint density at radius 1 is 1.61 bits per heavy atom. The Balaban J connectivity index is 0.00000120. The van der Waals surface area contributed by atoms with Gasteiger partial charge in [0, 0.05) is 31.3 Å². The summed E-state index contributed by atoms with van der Waals surface area (Å²) in [5, 5.41) is 7.73. The summed E-state index contributed by atoms with van der Waals surface area (Å²) in [6.07, 6.45) is 3.24. The Morgan fingerprint density at radius 3 is 3.11 bits per heavy atom. The fourth-order valence-corrected chi connectivity index (χ4v) is 2.90. The van der Waals surface area contributed by atoms with Crippen molar-refractivity contribution in [2.75, 3.05) is 19.6 Å². The molecular formula is C11H15BrClN3O2. The van der Waals surface area contributed by atoms with Crippen LogP contribution in [-0.4, -0.2) is 35.9 Å². The van der Waals surface area contributed by atoms with E-state index in [-0.39, 0.29) is 12.4 Å². The minimum atomic E-state index is 0. The highest BCUT2D eigenvalue weighted by Crippen LogP contribution is 2.31. The van der Waals surface area contributed by atoms with Gasteiger partial charge in [-0.25, -0.2) is 0 Å². The van der Waals surface area contributed by atoms with Gasteiger partial charge >= 0.3 is 0 Å². The van der Waals surface area contributed by atoms with Gasteiger partial charge in [0.1, 0.15) is 4.60 Å². The molecule has 100 valence electrons. The van der Waals surface area contributed by atoms with Crippen LogP contribution in [0.25, 0.3) is 0 Å². The van der Waals surface area contributed by atoms with Crippen LogP contribution in [0.3, 0.4) is 0 Å². The molecule has 0 saturated carbocycles. The van der Waals surface area contributed by atoms with Crippen LogP contribution in [0.4, 0.5) is 0 Å². The third-order valence-corrected chi connectivity index (χ3v) is 3.82. The smallest absolute Gasteiger partial charge is 0.178 e. The van der Waals surface area contributed by atoms with E-state index in [1.165, 1.54) is 19.5 Å². The highest BCUT2D eigenvalue weighted by Gasteiger charge is 2.36. The first-order chi connectivity index (χ1) is 8.31. The fraction of sp³-hybridized carbons (Fsp3) is 0.636. The lowest BCUT2D eigenvalue weighted by atomic mass is 9.94.